The highest BCUT2D eigenvalue weighted by molar-refractivity contribution is 5.78. The van der Waals surface area contributed by atoms with Gasteiger partial charge in [0, 0.05) is 5.56 Å². The van der Waals surface area contributed by atoms with E-state index in [-0.39, 0.29) is 5.41 Å². The first-order valence-electron chi connectivity index (χ1n) is 11.7. The minimum atomic E-state index is -0.0432. The molecule has 0 N–H and O–H groups in total. The molecular formula is C30H36. The second kappa shape index (κ2) is 11.0. The summed E-state index contributed by atoms with van der Waals surface area (Å²) >= 11 is 0. The highest BCUT2D eigenvalue weighted by Crippen LogP contribution is 2.41. The van der Waals surface area contributed by atoms with Gasteiger partial charge in [0.25, 0.3) is 0 Å². The van der Waals surface area contributed by atoms with Gasteiger partial charge in [-0.15, -0.1) is 0 Å². The lowest BCUT2D eigenvalue weighted by Gasteiger charge is -2.30. The van der Waals surface area contributed by atoms with E-state index in [1.165, 1.54) is 60.8 Å². The van der Waals surface area contributed by atoms with Crippen molar-refractivity contribution in [3.05, 3.63) is 89.0 Å². The van der Waals surface area contributed by atoms with Gasteiger partial charge < -0.3 is 0 Å². The maximum atomic E-state index is 3.70. The number of aryl methyl sites for hydroxylation is 1. The average molecular weight is 397 g/mol. The molecule has 0 fully saturated rings. The zero-order valence-corrected chi connectivity index (χ0v) is 19.0. The van der Waals surface area contributed by atoms with Gasteiger partial charge in [-0.3, -0.25) is 0 Å². The van der Waals surface area contributed by atoms with Crippen molar-refractivity contribution in [1.29, 1.82) is 0 Å². The molecule has 1 aliphatic carbocycles. The molecule has 0 heterocycles. The van der Waals surface area contributed by atoms with Crippen molar-refractivity contribution in [1.82, 2.24) is 0 Å². The zero-order valence-electron chi connectivity index (χ0n) is 19.0. The van der Waals surface area contributed by atoms with Crippen LogP contribution in [0.15, 0.2) is 72.3 Å². The Morgan fingerprint density at radius 3 is 2.27 bits per heavy atom. The van der Waals surface area contributed by atoms with E-state index in [2.05, 4.69) is 99.4 Å². The van der Waals surface area contributed by atoms with Crippen LogP contribution in [0.1, 0.15) is 82.4 Å². The molecule has 1 atom stereocenters. The first kappa shape index (κ1) is 22.2. The molecule has 2 aromatic carbocycles. The lowest BCUT2D eigenvalue weighted by Crippen LogP contribution is -2.19. The molecule has 0 aliphatic heterocycles. The Kier molecular flexibility index (Phi) is 8.15. The number of allylic oxidation sites excluding steroid dienone is 4. The molecule has 30 heavy (non-hydrogen) atoms. The van der Waals surface area contributed by atoms with E-state index in [1.807, 2.05) is 0 Å². The Labute approximate surface area is 184 Å². The average Bonchev–Trinajstić information content (AvgIpc) is 2.78. The zero-order chi connectivity index (χ0) is 21.2. The quantitative estimate of drug-likeness (QED) is 0.310. The summed E-state index contributed by atoms with van der Waals surface area (Å²) in [6.45, 7) is 6.80. The summed E-state index contributed by atoms with van der Waals surface area (Å²) in [6.07, 6.45) is 14.3. The lowest BCUT2D eigenvalue weighted by molar-refractivity contribution is 0.434. The molecule has 0 bridgehead atoms. The molecule has 0 amide bonds. The third kappa shape index (κ3) is 5.99. The van der Waals surface area contributed by atoms with E-state index >= 15 is 0 Å². The predicted molar refractivity (Wildman–Crippen MR) is 131 cm³/mol. The molecule has 0 nitrogen and oxygen atoms in total. The van der Waals surface area contributed by atoms with Gasteiger partial charge in [0.05, 0.1) is 5.41 Å². The fraction of sp³-hybridized carbons (Fsp3) is 0.400. The van der Waals surface area contributed by atoms with Crippen LogP contribution >= 0.6 is 0 Å². The summed E-state index contributed by atoms with van der Waals surface area (Å²) in [5.41, 5.74) is 6.63. The Balaban J connectivity index is 1.82. The van der Waals surface area contributed by atoms with Crippen LogP contribution in [0.5, 0.6) is 0 Å². The first-order valence-corrected chi connectivity index (χ1v) is 11.7. The van der Waals surface area contributed by atoms with Crippen LogP contribution in [0, 0.1) is 17.3 Å². The molecule has 1 unspecified atom stereocenters. The summed E-state index contributed by atoms with van der Waals surface area (Å²) in [4.78, 5) is 0. The van der Waals surface area contributed by atoms with Gasteiger partial charge in [-0.25, -0.2) is 0 Å². The van der Waals surface area contributed by atoms with Gasteiger partial charge in [0.1, 0.15) is 0 Å². The van der Waals surface area contributed by atoms with Gasteiger partial charge in [-0.2, -0.15) is 0 Å². The number of benzene rings is 2. The Morgan fingerprint density at radius 1 is 0.867 bits per heavy atom. The monoisotopic (exact) mass is 396 g/mol. The van der Waals surface area contributed by atoms with E-state index in [0.717, 1.165) is 18.4 Å². The first-order chi connectivity index (χ1) is 14.7. The Bertz CT molecular complexity index is 915. The van der Waals surface area contributed by atoms with Crippen molar-refractivity contribution in [2.24, 2.45) is 5.41 Å². The van der Waals surface area contributed by atoms with Crippen molar-refractivity contribution >= 4 is 5.57 Å². The van der Waals surface area contributed by atoms with Crippen LogP contribution in [0.3, 0.4) is 0 Å². The van der Waals surface area contributed by atoms with Crippen molar-refractivity contribution < 1.29 is 0 Å². The molecule has 0 aromatic heterocycles. The van der Waals surface area contributed by atoms with Crippen LogP contribution < -0.4 is 0 Å². The van der Waals surface area contributed by atoms with Gasteiger partial charge in [-0.05, 0) is 61.4 Å². The molecular weight excluding hydrogens is 360 g/mol. The number of hydrogen-bond acceptors (Lipinski definition) is 0. The summed E-state index contributed by atoms with van der Waals surface area (Å²) in [5, 5.41) is 0. The Morgan fingerprint density at radius 2 is 1.60 bits per heavy atom. The molecule has 0 saturated carbocycles. The normalized spacial score (nSPS) is 18.2. The molecule has 0 saturated heterocycles. The fourth-order valence-corrected chi connectivity index (χ4v) is 4.32. The van der Waals surface area contributed by atoms with Crippen molar-refractivity contribution in [3.63, 3.8) is 0 Å². The van der Waals surface area contributed by atoms with Gasteiger partial charge in [0.15, 0.2) is 0 Å². The summed E-state index contributed by atoms with van der Waals surface area (Å²) in [7, 11) is 0. The standard InChI is InChI=1S/C30H36/c1-4-6-11-21-30(22-19-27-17-15-26(16-18-27)12-7-5-2)23-20-29(25(3)24-30)28-13-9-8-10-14-28/h8-10,13-18,20,23H,4-7,11-12,21,24H2,1-3H3. The minimum Gasteiger partial charge on any atom is -0.0866 e. The number of unbranched alkanes of at least 4 members (excludes halogenated alkanes) is 3. The second-order valence-electron chi connectivity index (χ2n) is 8.73. The van der Waals surface area contributed by atoms with Gasteiger partial charge in [0.2, 0.25) is 0 Å². The van der Waals surface area contributed by atoms with E-state index in [1.54, 1.807) is 0 Å². The van der Waals surface area contributed by atoms with Crippen LogP contribution in [-0.2, 0) is 6.42 Å². The summed E-state index contributed by atoms with van der Waals surface area (Å²) in [6, 6.07) is 19.6. The van der Waals surface area contributed by atoms with E-state index in [0.29, 0.717) is 0 Å². The molecule has 0 heteroatoms. The van der Waals surface area contributed by atoms with E-state index in [9.17, 15) is 0 Å². The molecule has 0 radical (unpaired) electrons. The number of rotatable bonds is 8. The van der Waals surface area contributed by atoms with Crippen molar-refractivity contribution in [2.45, 2.75) is 72.1 Å². The van der Waals surface area contributed by atoms with Crippen molar-refractivity contribution in [2.75, 3.05) is 0 Å². The fourth-order valence-electron chi connectivity index (χ4n) is 4.32. The molecule has 0 spiro atoms. The maximum Gasteiger partial charge on any atom is 0.0537 e. The predicted octanol–water partition coefficient (Wildman–Crippen LogP) is 8.38. The van der Waals surface area contributed by atoms with Crippen LogP contribution in [0.2, 0.25) is 0 Å². The van der Waals surface area contributed by atoms with Gasteiger partial charge in [-0.1, -0.05) is 112 Å². The highest BCUT2D eigenvalue weighted by atomic mass is 14.3. The van der Waals surface area contributed by atoms with E-state index < -0.39 is 0 Å². The second-order valence-corrected chi connectivity index (χ2v) is 8.73. The summed E-state index contributed by atoms with van der Waals surface area (Å²) < 4.78 is 0. The lowest BCUT2D eigenvalue weighted by atomic mass is 9.73. The van der Waals surface area contributed by atoms with Crippen molar-refractivity contribution in [3.8, 4) is 11.8 Å². The highest BCUT2D eigenvalue weighted by Gasteiger charge is 2.28. The maximum absolute atomic E-state index is 3.70. The third-order valence-corrected chi connectivity index (χ3v) is 6.15. The Hall–Kier alpha value is -2.52. The largest absolute Gasteiger partial charge is 0.0866 e. The van der Waals surface area contributed by atoms with Crippen LogP contribution in [0.4, 0.5) is 0 Å². The molecule has 2 aromatic rings. The van der Waals surface area contributed by atoms with Gasteiger partial charge >= 0.3 is 0 Å². The summed E-state index contributed by atoms with van der Waals surface area (Å²) in [5.74, 6) is 7.22. The third-order valence-electron chi connectivity index (χ3n) is 6.15. The molecule has 3 rings (SSSR count). The smallest absolute Gasteiger partial charge is 0.0537 e. The minimum absolute atomic E-state index is 0.0432. The van der Waals surface area contributed by atoms with Crippen LogP contribution in [0.25, 0.3) is 5.57 Å². The SMILES string of the molecule is CCCCCC1(C#Cc2ccc(CCCC)cc2)C=CC(c2ccccc2)=C(C)C1. The van der Waals surface area contributed by atoms with E-state index in [4.69, 9.17) is 0 Å². The molecule has 1 aliphatic rings. The van der Waals surface area contributed by atoms with Crippen LogP contribution in [-0.4, -0.2) is 0 Å². The topological polar surface area (TPSA) is 0 Å². The molecule has 156 valence electrons. The number of hydrogen-bond donors (Lipinski definition) is 0.